The Morgan fingerprint density at radius 2 is 1.97 bits per heavy atom. The van der Waals surface area contributed by atoms with Crippen LogP contribution in [0.2, 0.25) is 0 Å². The number of pyridine rings is 1. The maximum absolute atomic E-state index is 12.4. The molecule has 1 fully saturated rings. The fourth-order valence-corrected chi connectivity index (χ4v) is 3.61. The van der Waals surface area contributed by atoms with Gasteiger partial charge in [-0.1, -0.05) is 12.1 Å². The van der Waals surface area contributed by atoms with E-state index < -0.39 is 0 Å². The summed E-state index contributed by atoms with van der Waals surface area (Å²) in [7, 11) is 0. The van der Waals surface area contributed by atoms with Gasteiger partial charge in [-0.25, -0.2) is 4.98 Å². The number of aromatic hydroxyl groups is 1. The molecule has 2 N–H and O–H groups in total. The van der Waals surface area contributed by atoms with Crippen LogP contribution in [0.15, 0.2) is 48.8 Å². The van der Waals surface area contributed by atoms with Crippen LogP contribution in [0, 0.1) is 17.2 Å². The van der Waals surface area contributed by atoms with Crippen LogP contribution in [0.1, 0.15) is 35.2 Å². The number of aromatic nitrogens is 3. The van der Waals surface area contributed by atoms with E-state index in [9.17, 15) is 9.90 Å². The maximum Gasteiger partial charge on any atom is 0.252 e. The molecule has 1 aliphatic heterocycles. The van der Waals surface area contributed by atoms with E-state index in [1.165, 1.54) is 17.1 Å². The molecular weight excluding hydrogens is 394 g/mol. The molecule has 4 rings (SSSR count). The third-order valence-corrected chi connectivity index (χ3v) is 5.47. The number of hydrogen-bond donors (Lipinski definition) is 2. The number of nitrogens with zero attached hydrogens (tertiary/aromatic N) is 4. The molecule has 0 radical (unpaired) electrons. The predicted octanol–water partition coefficient (Wildman–Crippen LogP) is 3.06. The molecule has 8 heteroatoms. The molecule has 1 amide bonds. The standard InChI is InChI=1S/C23H23N5O3/c24-13-17-1-3-18(4-2-17)20-15-27-28(23(20)30)21-6-5-19(14-26-21)22(29)25-10-7-16-8-11-31-12-9-16/h1-6,14-16,30H,7-12H2,(H,25,29). The van der Waals surface area contributed by atoms with Crippen LogP contribution in [0.4, 0.5) is 0 Å². The van der Waals surface area contributed by atoms with Crippen molar-refractivity contribution in [3.8, 4) is 28.9 Å². The van der Waals surface area contributed by atoms with Gasteiger partial charge in [0.05, 0.1) is 29.0 Å². The number of nitrogens with one attached hydrogen (secondary N) is 1. The van der Waals surface area contributed by atoms with Crippen LogP contribution >= 0.6 is 0 Å². The minimum absolute atomic E-state index is 0.0640. The fraction of sp³-hybridized carbons (Fsp3) is 0.304. The molecule has 158 valence electrons. The van der Waals surface area contributed by atoms with Crippen LogP contribution in [0.3, 0.4) is 0 Å². The zero-order valence-electron chi connectivity index (χ0n) is 17.0. The van der Waals surface area contributed by atoms with Crippen molar-refractivity contribution in [2.45, 2.75) is 19.3 Å². The summed E-state index contributed by atoms with van der Waals surface area (Å²) in [4.78, 5) is 16.7. The van der Waals surface area contributed by atoms with Crippen molar-refractivity contribution >= 4 is 5.91 Å². The third-order valence-electron chi connectivity index (χ3n) is 5.47. The lowest BCUT2D eigenvalue weighted by atomic mass is 9.97. The Balaban J connectivity index is 1.40. The van der Waals surface area contributed by atoms with Crippen LogP contribution in [0.25, 0.3) is 16.9 Å². The largest absolute Gasteiger partial charge is 0.493 e. The number of amides is 1. The Hall–Kier alpha value is -3.70. The van der Waals surface area contributed by atoms with Gasteiger partial charge >= 0.3 is 0 Å². The first-order chi connectivity index (χ1) is 15.2. The Bertz CT molecular complexity index is 1080. The predicted molar refractivity (Wildman–Crippen MR) is 114 cm³/mol. The van der Waals surface area contributed by atoms with Crippen LogP contribution < -0.4 is 5.32 Å². The summed E-state index contributed by atoms with van der Waals surface area (Å²) in [5.74, 6) is 0.763. The van der Waals surface area contributed by atoms with E-state index in [4.69, 9.17) is 10.00 Å². The van der Waals surface area contributed by atoms with Gasteiger partial charge < -0.3 is 15.2 Å². The number of benzene rings is 1. The molecule has 2 aromatic heterocycles. The lowest BCUT2D eigenvalue weighted by molar-refractivity contribution is 0.0636. The molecule has 8 nitrogen and oxygen atoms in total. The summed E-state index contributed by atoms with van der Waals surface area (Å²) in [5.41, 5.74) is 2.26. The van der Waals surface area contributed by atoms with Crippen molar-refractivity contribution in [2.75, 3.05) is 19.8 Å². The summed E-state index contributed by atoms with van der Waals surface area (Å²) < 4.78 is 6.66. The second-order valence-electron chi connectivity index (χ2n) is 7.49. The first-order valence-corrected chi connectivity index (χ1v) is 10.3. The van der Waals surface area contributed by atoms with Crippen LogP contribution in [-0.4, -0.2) is 45.5 Å². The Labute approximate surface area is 180 Å². The summed E-state index contributed by atoms with van der Waals surface area (Å²) in [6.45, 7) is 2.23. The number of carbonyl (C=O) groups is 1. The van der Waals surface area contributed by atoms with Gasteiger partial charge in [0.2, 0.25) is 5.88 Å². The van der Waals surface area contributed by atoms with Gasteiger partial charge in [0.1, 0.15) is 0 Å². The highest BCUT2D eigenvalue weighted by Gasteiger charge is 2.16. The first kappa shape index (κ1) is 20.6. The molecule has 31 heavy (non-hydrogen) atoms. The fourth-order valence-electron chi connectivity index (χ4n) is 3.61. The van der Waals surface area contributed by atoms with Gasteiger partial charge in [-0.15, -0.1) is 0 Å². The third kappa shape index (κ3) is 4.73. The minimum atomic E-state index is -0.172. The van der Waals surface area contributed by atoms with E-state index >= 15 is 0 Å². The highest BCUT2D eigenvalue weighted by molar-refractivity contribution is 5.93. The number of ether oxygens (including phenoxy) is 1. The molecule has 1 aliphatic rings. The molecule has 3 heterocycles. The Kier molecular flexibility index (Phi) is 6.24. The number of rotatable bonds is 6. The quantitative estimate of drug-likeness (QED) is 0.637. The van der Waals surface area contributed by atoms with Gasteiger partial charge in [-0.05, 0) is 55.0 Å². The van der Waals surface area contributed by atoms with Crippen LogP contribution in [0.5, 0.6) is 5.88 Å². The average molecular weight is 417 g/mol. The smallest absolute Gasteiger partial charge is 0.252 e. The normalized spacial score (nSPS) is 14.2. The van der Waals surface area contributed by atoms with Crippen molar-refractivity contribution in [3.05, 3.63) is 59.9 Å². The molecule has 0 spiro atoms. The Morgan fingerprint density at radius 3 is 2.65 bits per heavy atom. The van der Waals surface area contributed by atoms with Crippen LogP contribution in [-0.2, 0) is 4.74 Å². The second-order valence-corrected chi connectivity index (χ2v) is 7.49. The van der Waals surface area contributed by atoms with E-state index in [2.05, 4.69) is 21.5 Å². The van der Waals surface area contributed by atoms with E-state index in [-0.39, 0.29) is 11.8 Å². The zero-order valence-corrected chi connectivity index (χ0v) is 17.0. The van der Waals surface area contributed by atoms with Gasteiger partial charge in [-0.3, -0.25) is 4.79 Å². The molecular formula is C23H23N5O3. The number of hydrogen-bond acceptors (Lipinski definition) is 6. The van der Waals surface area contributed by atoms with Gasteiger partial charge in [0.25, 0.3) is 5.91 Å². The average Bonchev–Trinajstić information content (AvgIpc) is 3.21. The first-order valence-electron chi connectivity index (χ1n) is 10.3. The van der Waals surface area contributed by atoms with Crippen molar-refractivity contribution in [1.82, 2.24) is 20.1 Å². The lowest BCUT2D eigenvalue weighted by Gasteiger charge is -2.21. The van der Waals surface area contributed by atoms with E-state index in [0.717, 1.165) is 38.0 Å². The van der Waals surface area contributed by atoms with E-state index in [0.29, 0.717) is 35.0 Å². The highest BCUT2D eigenvalue weighted by atomic mass is 16.5. The van der Waals surface area contributed by atoms with Gasteiger partial charge in [-0.2, -0.15) is 15.0 Å². The molecule has 1 aromatic carbocycles. The molecule has 3 aromatic rings. The summed E-state index contributed by atoms with van der Waals surface area (Å²) in [5, 5.41) is 26.7. The monoisotopic (exact) mass is 417 g/mol. The zero-order chi connectivity index (χ0) is 21.6. The SMILES string of the molecule is N#Cc1ccc(-c2cnn(-c3ccc(C(=O)NCCC4CCOCC4)cn3)c2O)cc1. The molecule has 0 aliphatic carbocycles. The lowest BCUT2D eigenvalue weighted by Crippen LogP contribution is -2.27. The highest BCUT2D eigenvalue weighted by Crippen LogP contribution is 2.30. The van der Waals surface area contributed by atoms with Crippen molar-refractivity contribution in [3.63, 3.8) is 0 Å². The van der Waals surface area contributed by atoms with Gasteiger partial charge in [0.15, 0.2) is 5.82 Å². The van der Waals surface area contributed by atoms with Crippen molar-refractivity contribution < 1.29 is 14.6 Å². The maximum atomic E-state index is 12.4. The Morgan fingerprint density at radius 1 is 1.19 bits per heavy atom. The topological polar surface area (TPSA) is 113 Å². The van der Waals surface area contributed by atoms with Gasteiger partial charge in [0, 0.05) is 26.0 Å². The van der Waals surface area contributed by atoms with Crippen molar-refractivity contribution in [2.24, 2.45) is 5.92 Å². The molecule has 1 saturated heterocycles. The minimum Gasteiger partial charge on any atom is -0.493 e. The van der Waals surface area contributed by atoms with Crippen molar-refractivity contribution in [1.29, 1.82) is 5.26 Å². The number of nitriles is 1. The second kappa shape index (κ2) is 9.41. The number of carbonyl (C=O) groups excluding carboxylic acids is 1. The van der Waals surface area contributed by atoms with E-state index in [1.54, 1.807) is 36.4 Å². The molecule has 0 atom stereocenters. The molecule has 0 saturated carbocycles. The molecule has 0 bridgehead atoms. The summed E-state index contributed by atoms with van der Waals surface area (Å²) >= 11 is 0. The summed E-state index contributed by atoms with van der Waals surface area (Å²) in [6, 6.07) is 12.2. The van der Waals surface area contributed by atoms with E-state index in [1.807, 2.05) is 0 Å². The molecule has 0 unspecified atom stereocenters. The summed E-state index contributed by atoms with van der Waals surface area (Å²) in [6.07, 6.45) is 6.05.